The number of nitrogens with one attached hydrogen (secondary N) is 2. The highest BCUT2D eigenvalue weighted by Crippen LogP contribution is 2.17. The first-order valence-corrected chi connectivity index (χ1v) is 11.8. The number of methoxy groups -OCH3 is 1. The van der Waals surface area contributed by atoms with Crippen molar-refractivity contribution < 1.29 is 27.2 Å². The predicted octanol–water partition coefficient (Wildman–Crippen LogP) is 1.50. The van der Waals surface area contributed by atoms with Crippen LogP contribution in [-0.2, 0) is 38.0 Å². The number of anilines is 1. The molecule has 0 saturated carbocycles. The van der Waals surface area contributed by atoms with Crippen molar-refractivity contribution in [3.8, 4) is 0 Å². The molecule has 0 atom stereocenters. The monoisotopic (exact) mass is 496 g/mol. The molecule has 0 spiro atoms. The second-order valence-electron chi connectivity index (χ2n) is 6.53. The molecule has 0 saturated heterocycles. The number of halogens is 1. The number of thiazole rings is 1. The van der Waals surface area contributed by atoms with Crippen LogP contribution in [0.4, 0.5) is 9.52 Å². The third-order valence-electron chi connectivity index (χ3n) is 4.09. The van der Waals surface area contributed by atoms with E-state index in [1.807, 2.05) is 0 Å². The van der Waals surface area contributed by atoms with Gasteiger partial charge in [-0.05, 0) is 18.2 Å². The Bertz CT molecular complexity index is 1220. The molecule has 2 aromatic heterocycles. The van der Waals surface area contributed by atoms with Crippen molar-refractivity contribution in [1.29, 1.82) is 0 Å². The van der Waals surface area contributed by atoms with E-state index in [-0.39, 0.29) is 41.1 Å². The number of carbonyl (C=O) groups excluding carboxylic acids is 1. The molecule has 1 amide bonds. The van der Waals surface area contributed by atoms with Gasteiger partial charge in [0.25, 0.3) is 5.91 Å². The van der Waals surface area contributed by atoms with Crippen LogP contribution in [0, 0.1) is 5.13 Å². The van der Waals surface area contributed by atoms with Crippen LogP contribution in [0.5, 0.6) is 0 Å². The molecule has 3 aromatic rings. The SMILES string of the molecule is COCCNS(=O)(=O)c1ccc(/C(=N\OCc2ccn(C)n2)C(=O)Nc2ncc(F)s2)cc1. The van der Waals surface area contributed by atoms with Crippen molar-refractivity contribution in [3.63, 3.8) is 0 Å². The number of hydrogen-bond acceptors (Lipinski definition) is 9. The Morgan fingerprint density at radius 3 is 2.64 bits per heavy atom. The fraction of sp³-hybridized carbons (Fsp3) is 0.263. The lowest BCUT2D eigenvalue weighted by atomic mass is 10.1. The molecule has 2 N–H and O–H groups in total. The van der Waals surface area contributed by atoms with Gasteiger partial charge >= 0.3 is 0 Å². The van der Waals surface area contributed by atoms with E-state index in [0.717, 1.165) is 6.20 Å². The topological polar surface area (TPSA) is 137 Å². The van der Waals surface area contributed by atoms with Crippen LogP contribution in [0.15, 0.2) is 52.8 Å². The van der Waals surface area contributed by atoms with Gasteiger partial charge in [0.15, 0.2) is 22.6 Å². The molecular formula is C19H21FN6O5S2. The van der Waals surface area contributed by atoms with Crippen molar-refractivity contribution >= 4 is 38.1 Å². The van der Waals surface area contributed by atoms with Gasteiger partial charge in [0, 0.05) is 32.5 Å². The zero-order chi connectivity index (χ0) is 23.8. The summed E-state index contributed by atoms with van der Waals surface area (Å²) in [5, 5.41) is 9.99. The number of sulfonamides is 1. The van der Waals surface area contributed by atoms with Gasteiger partial charge in [-0.2, -0.15) is 9.49 Å². The number of carbonyl (C=O) groups is 1. The molecule has 0 radical (unpaired) electrons. The minimum Gasteiger partial charge on any atom is -0.389 e. The third-order valence-corrected chi connectivity index (χ3v) is 6.26. The zero-order valence-corrected chi connectivity index (χ0v) is 19.3. The average molecular weight is 497 g/mol. The maximum atomic E-state index is 13.2. The predicted molar refractivity (Wildman–Crippen MR) is 119 cm³/mol. The molecule has 11 nitrogen and oxygen atoms in total. The van der Waals surface area contributed by atoms with E-state index in [1.165, 1.54) is 31.4 Å². The fourth-order valence-corrected chi connectivity index (χ4v) is 4.10. The summed E-state index contributed by atoms with van der Waals surface area (Å²) < 4.78 is 46.7. The maximum Gasteiger partial charge on any atom is 0.280 e. The number of amides is 1. The summed E-state index contributed by atoms with van der Waals surface area (Å²) in [5.74, 6) is -0.709. The highest BCUT2D eigenvalue weighted by atomic mass is 32.2. The van der Waals surface area contributed by atoms with Crippen LogP contribution >= 0.6 is 11.3 Å². The van der Waals surface area contributed by atoms with Crippen molar-refractivity contribution in [3.05, 3.63) is 59.1 Å². The van der Waals surface area contributed by atoms with Crippen LogP contribution in [0.3, 0.4) is 0 Å². The highest BCUT2D eigenvalue weighted by molar-refractivity contribution is 7.89. The average Bonchev–Trinajstić information content (AvgIpc) is 3.38. The molecule has 0 unspecified atom stereocenters. The molecule has 2 heterocycles. The van der Waals surface area contributed by atoms with Gasteiger partial charge in [-0.15, -0.1) is 0 Å². The van der Waals surface area contributed by atoms with Gasteiger partial charge in [0.1, 0.15) is 5.69 Å². The number of oxime groups is 1. The van der Waals surface area contributed by atoms with Crippen molar-refractivity contribution in [2.75, 3.05) is 25.6 Å². The standard InChI is InChI=1S/C19H21FN6O5S2/c1-26-9-7-14(24-26)12-31-25-17(18(27)23-19-21-11-16(20)32-19)13-3-5-15(6-4-13)33(28,29)22-8-10-30-2/h3-7,9,11,22H,8,10,12H2,1-2H3,(H,21,23,27)/b25-17+. The first kappa shape index (κ1) is 24.4. The number of benzene rings is 1. The Morgan fingerprint density at radius 1 is 1.27 bits per heavy atom. The molecule has 176 valence electrons. The van der Waals surface area contributed by atoms with Gasteiger partial charge in [-0.25, -0.2) is 18.1 Å². The van der Waals surface area contributed by atoms with E-state index in [0.29, 0.717) is 17.0 Å². The van der Waals surface area contributed by atoms with Crippen LogP contribution < -0.4 is 10.0 Å². The number of rotatable bonds is 11. The van der Waals surface area contributed by atoms with Gasteiger partial charge in [-0.3, -0.25) is 14.8 Å². The van der Waals surface area contributed by atoms with Crippen LogP contribution in [-0.4, -0.2) is 55.1 Å². The Balaban J connectivity index is 1.81. The zero-order valence-electron chi connectivity index (χ0n) is 17.7. The Hall–Kier alpha value is -3.20. The van der Waals surface area contributed by atoms with E-state index >= 15 is 0 Å². The maximum absolute atomic E-state index is 13.2. The Kier molecular flexibility index (Phi) is 8.21. The third kappa shape index (κ3) is 6.89. The number of hydrogen-bond donors (Lipinski definition) is 2. The molecule has 33 heavy (non-hydrogen) atoms. The van der Waals surface area contributed by atoms with Crippen LogP contribution in [0.2, 0.25) is 0 Å². The van der Waals surface area contributed by atoms with E-state index < -0.39 is 21.1 Å². The molecule has 1 aromatic carbocycles. The van der Waals surface area contributed by atoms with Crippen molar-refractivity contribution in [2.24, 2.45) is 12.2 Å². The van der Waals surface area contributed by atoms with Crippen LogP contribution in [0.1, 0.15) is 11.3 Å². The molecule has 0 aliphatic heterocycles. The fourth-order valence-electron chi connectivity index (χ4n) is 2.55. The second kappa shape index (κ2) is 11.1. The summed E-state index contributed by atoms with van der Waals surface area (Å²) in [6.45, 7) is 0.333. The first-order valence-electron chi connectivity index (χ1n) is 9.48. The minimum absolute atomic E-state index is 0.000613. The molecule has 0 aliphatic carbocycles. The van der Waals surface area contributed by atoms with Gasteiger partial charge < -0.3 is 9.57 Å². The van der Waals surface area contributed by atoms with Gasteiger partial charge in [0.05, 0.1) is 17.7 Å². The highest BCUT2D eigenvalue weighted by Gasteiger charge is 2.19. The number of aryl methyl sites for hydroxylation is 1. The Labute approximate surface area is 193 Å². The van der Waals surface area contributed by atoms with E-state index in [1.54, 1.807) is 24.0 Å². The van der Waals surface area contributed by atoms with E-state index in [9.17, 15) is 17.6 Å². The summed E-state index contributed by atoms with van der Waals surface area (Å²) in [5.41, 5.74) is 0.714. The molecule has 0 aliphatic rings. The molecule has 3 rings (SSSR count). The summed E-state index contributed by atoms with van der Waals surface area (Å²) in [6, 6.07) is 7.21. The van der Waals surface area contributed by atoms with Crippen molar-refractivity contribution in [2.45, 2.75) is 11.5 Å². The van der Waals surface area contributed by atoms with Crippen molar-refractivity contribution in [1.82, 2.24) is 19.5 Å². The first-order chi connectivity index (χ1) is 15.8. The lowest BCUT2D eigenvalue weighted by Gasteiger charge is -2.09. The van der Waals surface area contributed by atoms with E-state index in [4.69, 9.17) is 9.57 Å². The quantitative estimate of drug-likeness (QED) is 0.233. The molecule has 0 fully saturated rings. The van der Waals surface area contributed by atoms with E-state index in [2.05, 4.69) is 25.3 Å². The summed E-state index contributed by atoms with van der Waals surface area (Å²) in [6.07, 6.45) is 2.71. The lowest BCUT2D eigenvalue weighted by molar-refractivity contribution is -0.110. The summed E-state index contributed by atoms with van der Waals surface area (Å²) in [4.78, 5) is 21.8. The summed E-state index contributed by atoms with van der Waals surface area (Å²) in [7, 11) is -0.542. The minimum atomic E-state index is -3.75. The number of ether oxygens (including phenoxy) is 1. The summed E-state index contributed by atoms with van der Waals surface area (Å²) >= 11 is 0.651. The second-order valence-corrected chi connectivity index (χ2v) is 9.28. The largest absolute Gasteiger partial charge is 0.389 e. The van der Waals surface area contributed by atoms with Crippen LogP contribution in [0.25, 0.3) is 0 Å². The number of aromatic nitrogens is 3. The Morgan fingerprint density at radius 2 is 2.03 bits per heavy atom. The number of nitrogens with zero attached hydrogens (tertiary/aromatic N) is 4. The molecule has 14 heteroatoms. The smallest absolute Gasteiger partial charge is 0.280 e. The molecule has 0 bridgehead atoms. The van der Waals surface area contributed by atoms with Gasteiger partial charge in [0.2, 0.25) is 10.0 Å². The molecular weight excluding hydrogens is 475 g/mol. The lowest BCUT2D eigenvalue weighted by Crippen LogP contribution is -2.27. The van der Waals surface area contributed by atoms with Gasteiger partial charge in [-0.1, -0.05) is 28.6 Å². The normalized spacial score (nSPS) is 12.0.